The molecular weight excluding hydrogens is 278 g/mol. The average molecular weight is 295 g/mol. The maximum atomic E-state index is 11.6. The molecule has 0 heterocycles. The van der Waals surface area contributed by atoms with Crippen LogP contribution < -0.4 is 5.32 Å². The Labute approximate surface area is 129 Å². The standard InChI is InChI=1S/C18H17NO3/c20-16-11-10-14(12-17(16)21)6-4-5-9-18(22)19-13-15-7-2-1-3-8-15/h1-12,20-21H,13H2,(H,19,22). The molecule has 0 radical (unpaired) electrons. The molecule has 0 spiro atoms. The molecule has 2 rings (SSSR count). The summed E-state index contributed by atoms with van der Waals surface area (Å²) in [5.41, 5.74) is 1.77. The number of benzene rings is 2. The van der Waals surface area contributed by atoms with Crippen LogP contribution in [-0.4, -0.2) is 16.1 Å². The van der Waals surface area contributed by atoms with E-state index in [-0.39, 0.29) is 17.4 Å². The number of phenols is 2. The van der Waals surface area contributed by atoms with Crippen molar-refractivity contribution in [1.82, 2.24) is 5.32 Å². The first-order valence-electron chi connectivity index (χ1n) is 6.83. The quantitative estimate of drug-likeness (QED) is 0.451. The summed E-state index contributed by atoms with van der Waals surface area (Å²) in [6.45, 7) is 0.486. The first kappa shape index (κ1) is 15.4. The fraction of sp³-hybridized carbons (Fsp3) is 0.0556. The number of rotatable bonds is 5. The van der Waals surface area contributed by atoms with Crippen molar-refractivity contribution in [1.29, 1.82) is 0 Å². The largest absolute Gasteiger partial charge is 0.504 e. The molecule has 4 heteroatoms. The van der Waals surface area contributed by atoms with Crippen LogP contribution in [0.5, 0.6) is 11.5 Å². The second-order valence-corrected chi connectivity index (χ2v) is 4.67. The molecule has 0 saturated carbocycles. The van der Waals surface area contributed by atoms with Gasteiger partial charge in [0, 0.05) is 12.6 Å². The first-order valence-corrected chi connectivity index (χ1v) is 6.83. The van der Waals surface area contributed by atoms with E-state index in [0.717, 1.165) is 11.1 Å². The molecule has 2 aromatic carbocycles. The van der Waals surface area contributed by atoms with Gasteiger partial charge in [0.2, 0.25) is 5.91 Å². The molecule has 0 atom stereocenters. The van der Waals surface area contributed by atoms with Gasteiger partial charge in [-0.25, -0.2) is 0 Å². The molecule has 0 aliphatic heterocycles. The zero-order chi connectivity index (χ0) is 15.8. The zero-order valence-corrected chi connectivity index (χ0v) is 11.9. The third-order valence-corrected chi connectivity index (χ3v) is 2.96. The van der Waals surface area contributed by atoms with E-state index in [9.17, 15) is 15.0 Å². The lowest BCUT2D eigenvalue weighted by Gasteiger charge is -2.01. The van der Waals surface area contributed by atoms with Crippen LogP contribution in [0, 0.1) is 0 Å². The summed E-state index contributed by atoms with van der Waals surface area (Å²) < 4.78 is 0. The maximum absolute atomic E-state index is 11.6. The molecule has 22 heavy (non-hydrogen) atoms. The summed E-state index contributed by atoms with van der Waals surface area (Å²) in [6, 6.07) is 14.2. The highest BCUT2D eigenvalue weighted by atomic mass is 16.3. The Kier molecular flexibility index (Phi) is 5.37. The minimum absolute atomic E-state index is 0.159. The predicted molar refractivity (Wildman–Crippen MR) is 86.2 cm³/mol. The van der Waals surface area contributed by atoms with E-state index >= 15 is 0 Å². The van der Waals surface area contributed by atoms with Crippen molar-refractivity contribution in [3.05, 3.63) is 77.9 Å². The molecule has 2 aromatic rings. The molecule has 0 fully saturated rings. The maximum Gasteiger partial charge on any atom is 0.244 e. The average Bonchev–Trinajstić information content (AvgIpc) is 2.54. The second-order valence-electron chi connectivity index (χ2n) is 4.67. The van der Waals surface area contributed by atoms with Gasteiger partial charge in [-0.05, 0) is 23.3 Å². The van der Waals surface area contributed by atoms with E-state index in [2.05, 4.69) is 5.32 Å². The van der Waals surface area contributed by atoms with Gasteiger partial charge in [-0.15, -0.1) is 0 Å². The Morgan fingerprint density at radius 1 is 1.00 bits per heavy atom. The van der Waals surface area contributed by atoms with E-state index in [1.807, 2.05) is 30.3 Å². The van der Waals surface area contributed by atoms with E-state index in [1.54, 1.807) is 24.3 Å². The van der Waals surface area contributed by atoms with Crippen LogP contribution in [0.25, 0.3) is 6.08 Å². The summed E-state index contributed by atoms with van der Waals surface area (Å²) in [5.74, 6) is -0.512. The Hall–Kier alpha value is -3.01. The highest BCUT2D eigenvalue weighted by molar-refractivity contribution is 5.87. The van der Waals surface area contributed by atoms with Gasteiger partial charge in [-0.3, -0.25) is 4.79 Å². The van der Waals surface area contributed by atoms with Gasteiger partial charge in [-0.2, -0.15) is 0 Å². The van der Waals surface area contributed by atoms with Gasteiger partial charge in [0.05, 0.1) is 0 Å². The number of carbonyl (C=O) groups excluding carboxylic acids is 1. The van der Waals surface area contributed by atoms with E-state index in [4.69, 9.17) is 0 Å². The van der Waals surface area contributed by atoms with Crippen molar-refractivity contribution in [3.8, 4) is 11.5 Å². The summed E-state index contributed by atoms with van der Waals surface area (Å²) in [6.07, 6.45) is 6.46. The van der Waals surface area contributed by atoms with Crippen LogP contribution in [0.15, 0.2) is 66.8 Å². The zero-order valence-electron chi connectivity index (χ0n) is 11.9. The van der Waals surface area contributed by atoms with Crippen molar-refractivity contribution >= 4 is 12.0 Å². The number of amides is 1. The topological polar surface area (TPSA) is 69.6 Å². The van der Waals surface area contributed by atoms with Gasteiger partial charge in [0.15, 0.2) is 11.5 Å². The minimum atomic E-state index is -0.179. The van der Waals surface area contributed by atoms with E-state index in [1.165, 1.54) is 18.2 Å². The summed E-state index contributed by atoms with van der Waals surface area (Å²) in [7, 11) is 0. The Morgan fingerprint density at radius 2 is 1.77 bits per heavy atom. The van der Waals surface area contributed by atoms with Crippen LogP contribution in [-0.2, 0) is 11.3 Å². The number of nitrogens with one attached hydrogen (secondary N) is 1. The number of hydrogen-bond donors (Lipinski definition) is 3. The number of allylic oxidation sites excluding steroid dienone is 2. The number of aromatic hydroxyl groups is 2. The summed E-state index contributed by atoms with van der Waals surface area (Å²) in [4.78, 5) is 11.6. The smallest absolute Gasteiger partial charge is 0.244 e. The van der Waals surface area contributed by atoms with Gasteiger partial charge in [0.1, 0.15) is 0 Å². The Balaban J connectivity index is 1.82. The molecule has 0 aliphatic rings. The molecule has 0 aromatic heterocycles. The van der Waals surface area contributed by atoms with Crippen molar-refractivity contribution in [2.75, 3.05) is 0 Å². The molecule has 4 nitrogen and oxygen atoms in total. The normalized spacial score (nSPS) is 11.1. The van der Waals surface area contributed by atoms with Gasteiger partial charge >= 0.3 is 0 Å². The van der Waals surface area contributed by atoms with Crippen LogP contribution in [0.3, 0.4) is 0 Å². The fourth-order valence-electron chi connectivity index (χ4n) is 1.80. The monoisotopic (exact) mass is 295 g/mol. The first-order chi connectivity index (χ1) is 10.6. The van der Waals surface area contributed by atoms with Gasteiger partial charge < -0.3 is 15.5 Å². The summed E-state index contributed by atoms with van der Waals surface area (Å²) in [5, 5.41) is 21.3. The van der Waals surface area contributed by atoms with Crippen molar-refractivity contribution < 1.29 is 15.0 Å². The Morgan fingerprint density at radius 3 is 2.50 bits per heavy atom. The lowest BCUT2D eigenvalue weighted by Crippen LogP contribution is -2.20. The predicted octanol–water partition coefficient (Wildman–Crippen LogP) is 2.98. The van der Waals surface area contributed by atoms with Crippen LogP contribution in [0.4, 0.5) is 0 Å². The molecule has 0 unspecified atom stereocenters. The van der Waals surface area contributed by atoms with Crippen molar-refractivity contribution in [2.24, 2.45) is 0 Å². The van der Waals surface area contributed by atoms with Crippen molar-refractivity contribution in [3.63, 3.8) is 0 Å². The molecule has 3 N–H and O–H groups in total. The third-order valence-electron chi connectivity index (χ3n) is 2.96. The van der Waals surface area contributed by atoms with Gasteiger partial charge in [-0.1, -0.05) is 54.6 Å². The van der Waals surface area contributed by atoms with Crippen LogP contribution >= 0.6 is 0 Å². The fourth-order valence-corrected chi connectivity index (χ4v) is 1.80. The third kappa shape index (κ3) is 4.83. The molecule has 112 valence electrons. The lowest BCUT2D eigenvalue weighted by molar-refractivity contribution is -0.116. The SMILES string of the molecule is O=C(C=CC=Cc1ccc(O)c(O)c1)NCc1ccccc1. The molecule has 1 amide bonds. The summed E-state index contributed by atoms with van der Waals surface area (Å²) >= 11 is 0. The van der Waals surface area contributed by atoms with Crippen LogP contribution in [0.1, 0.15) is 11.1 Å². The molecule has 0 aliphatic carbocycles. The lowest BCUT2D eigenvalue weighted by atomic mass is 10.2. The van der Waals surface area contributed by atoms with Crippen molar-refractivity contribution in [2.45, 2.75) is 6.54 Å². The Bertz CT molecular complexity index is 691. The molecule has 0 saturated heterocycles. The second kappa shape index (κ2) is 7.69. The van der Waals surface area contributed by atoms with Gasteiger partial charge in [0.25, 0.3) is 0 Å². The number of phenolic OH excluding ortho intramolecular Hbond substituents is 2. The van der Waals surface area contributed by atoms with E-state index in [0.29, 0.717) is 6.54 Å². The highest BCUT2D eigenvalue weighted by Gasteiger charge is 1.97. The number of hydrogen-bond acceptors (Lipinski definition) is 3. The minimum Gasteiger partial charge on any atom is -0.504 e. The number of carbonyl (C=O) groups is 1. The molecular formula is C18H17NO3. The molecule has 0 bridgehead atoms. The van der Waals surface area contributed by atoms with E-state index < -0.39 is 0 Å². The van der Waals surface area contributed by atoms with Crippen LogP contribution in [0.2, 0.25) is 0 Å². The highest BCUT2D eigenvalue weighted by Crippen LogP contribution is 2.25.